The fourth-order valence-corrected chi connectivity index (χ4v) is 2.10. The number of rotatable bonds is 7. The molecule has 1 aromatic heterocycles. The van der Waals surface area contributed by atoms with E-state index in [0.29, 0.717) is 6.61 Å². The van der Waals surface area contributed by atoms with E-state index in [4.69, 9.17) is 16.3 Å². The Balaban J connectivity index is 1.96. The standard InChI is InChI=1S/C15H19ClN2O/c1-2-3-10-19-11-9-17-14-7-6-13(16)12-5-4-8-18-15(12)14/h4-8,17H,2-3,9-11H2,1H3. The second kappa shape index (κ2) is 7.31. The van der Waals surface area contributed by atoms with Crippen molar-refractivity contribution < 1.29 is 4.74 Å². The minimum absolute atomic E-state index is 0.705. The van der Waals surface area contributed by atoms with E-state index in [1.54, 1.807) is 6.20 Å². The van der Waals surface area contributed by atoms with E-state index in [1.165, 1.54) is 6.42 Å². The van der Waals surface area contributed by atoms with Gasteiger partial charge in [0.15, 0.2) is 0 Å². The molecule has 0 aliphatic heterocycles. The number of fused-ring (bicyclic) bond motifs is 1. The van der Waals surface area contributed by atoms with E-state index in [9.17, 15) is 0 Å². The number of unbranched alkanes of at least 4 members (excludes halogenated alkanes) is 1. The average molecular weight is 279 g/mol. The van der Waals surface area contributed by atoms with E-state index >= 15 is 0 Å². The quantitative estimate of drug-likeness (QED) is 0.774. The molecule has 3 nitrogen and oxygen atoms in total. The molecule has 1 N–H and O–H groups in total. The summed E-state index contributed by atoms with van der Waals surface area (Å²) in [5, 5.41) is 5.05. The fraction of sp³-hybridized carbons (Fsp3) is 0.400. The van der Waals surface area contributed by atoms with Gasteiger partial charge in [0.1, 0.15) is 0 Å². The van der Waals surface area contributed by atoms with Gasteiger partial charge in [0.2, 0.25) is 0 Å². The fourth-order valence-electron chi connectivity index (χ4n) is 1.89. The van der Waals surface area contributed by atoms with Gasteiger partial charge in [0, 0.05) is 24.7 Å². The summed E-state index contributed by atoms with van der Waals surface area (Å²) in [7, 11) is 0. The lowest BCUT2D eigenvalue weighted by atomic mass is 10.2. The minimum Gasteiger partial charge on any atom is -0.381 e. The average Bonchev–Trinajstić information content (AvgIpc) is 2.45. The molecule has 0 aliphatic carbocycles. The number of nitrogens with zero attached hydrogens (tertiary/aromatic N) is 1. The Morgan fingerprint density at radius 1 is 1.26 bits per heavy atom. The van der Waals surface area contributed by atoms with Crippen LogP contribution in [0.5, 0.6) is 0 Å². The topological polar surface area (TPSA) is 34.1 Å². The van der Waals surface area contributed by atoms with Crippen molar-refractivity contribution in [1.82, 2.24) is 4.98 Å². The zero-order valence-corrected chi connectivity index (χ0v) is 11.9. The van der Waals surface area contributed by atoms with Crippen LogP contribution in [0.15, 0.2) is 30.5 Å². The summed E-state index contributed by atoms with van der Waals surface area (Å²) in [6, 6.07) is 7.73. The summed E-state index contributed by atoms with van der Waals surface area (Å²) in [6.45, 7) is 4.47. The Morgan fingerprint density at radius 3 is 3.00 bits per heavy atom. The zero-order valence-electron chi connectivity index (χ0n) is 11.2. The van der Waals surface area contributed by atoms with Crippen LogP contribution in [0.4, 0.5) is 5.69 Å². The lowest BCUT2D eigenvalue weighted by Gasteiger charge is -2.10. The molecule has 0 spiro atoms. The van der Waals surface area contributed by atoms with Crippen LogP contribution >= 0.6 is 11.6 Å². The molecule has 2 rings (SSSR count). The van der Waals surface area contributed by atoms with Crippen molar-refractivity contribution in [2.45, 2.75) is 19.8 Å². The number of nitrogens with one attached hydrogen (secondary N) is 1. The Kier molecular flexibility index (Phi) is 5.43. The van der Waals surface area contributed by atoms with Crippen LogP contribution in [0.25, 0.3) is 10.9 Å². The number of pyridine rings is 1. The summed E-state index contributed by atoms with van der Waals surface area (Å²) in [5.74, 6) is 0. The van der Waals surface area contributed by atoms with E-state index in [-0.39, 0.29) is 0 Å². The van der Waals surface area contributed by atoms with Crippen molar-refractivity contribution in [1.29, 1.82) is 0 Å². The van der Waals surface area contributed by atoms with Gasteiger partial charge < -0.3 is 10.1 Å². The predicted molar refractivity (Wildman–Crippen MR) is 81.0 cm³/mol. The highest BCUT2D eigenvalue weighted by atomic mass is 35.5. The third-order valence-electron chi connectivity index (χ3n) is 2.92. The molecule has 1 heterocycles. The van der Waals surface area contributed by atoms with E-state index in [0.717, 1.165) is 41.2 Å². The van der Waals surface area contributed by atoms with E-state index in [2.05, 4.69) is 17.2 Å². The maximum Gasteiger partial charge on any atom is 0.0948 e. The maximum atomic E-state index is 6.16. The van der Waals surface area contributed by atoms with Crippen LogP contribution < -0.4 is 5.32 Å². The van der Waals surface area contributed by atoms with Crippen LogP contribution in [0, 0.1) is 0 Å². The molecule has 0 radical (unpaired) electrons. The van der Waals surface area contributed by atoms with Crippen LogP contribution in [0.2, 0.25) is 5.02 Å². The summed E-state index contributed by atoms with van der Waals surface area (Å²) < 4.78 is 5.52. The first-order chi connectivity index (χ1) is 9.33. The third kappa shape index (κ3) is 3.82. The van der Waals surface area contributed by atoms with Crippen molar-refractivity contribution in [2.75, 3.05) is 25.1 Å². The lowest BCUT2D eigenvalue weighted by molar-refractivity contribution is 0.141. The van der Waals surface area contributed by atoms with Crippen LogP contribution in [-0.2, 0) is 4.74 Å². The summed E-state index contributed by atoms with van der Waals surface area (Å²) in [6.07, 6.45) is 4.06. The van der Waals surface area contributed by atoms with Crippen LogP contribution in [0.1, 0.15) is 19.8 Å². The number of halogens is 1. The summed E-state index contributed by atoms with van der Waals surface area (Å²) >= 11 is 6.16. The molecule has 2 aromatic rings. The molecular weight excluding hydrogens is 260 g/mol. The molecule has 0 fully saturated rings. The summed E-state index contributed by atoms with van der Waals surface area (Å²) in [5.41, 5.74) is 1.91. The highest BCUT2D eigenvalue weighted by molar-refractivity contribution is 6.35. The molecule has 102 valence electrons. The van der Waals surface area contributed by atoms with Crippen molar-refractivity contribution in [3.63, 3.8) is 0 Å². The SMILES string of the molecule is CCCCOCCNc1ccc(Cl)c2cccnc12. The highest BCUT2D eigenvalue weighted by Gasteiger charge is 2.04. The molecule has 0 atom stereocenters. The van der Waals surface area contributed by atoms with Gasteiger partial charge in [0.25, 0.3) is 0 Å². The summed E-state index contributed by atoms with van der Waals surface area (Å²) in [4.78, 5) is 4.38. The monoisotopic (exact) mass is 278 g/mol. The van der Waals surface area contributed by atoms with Crippen molar-refractivity contribution in [2.24, 2.45) is 0 Å². The van der Waals surface area contributed by atoms with Crippen molar-refractivity contribution in [3.05, 3.63) is 35.5 Å². The van der Waals surface area contributed by atoms with E-state index < -0.39 is 0 Å². The number of ether oxygens (including phenoxy) is 1. The number of anilines is 1. The Hall–Kier alpha value is -1.32. The normalized spacial score (nSPS) is 10.8. The number of hydrogen-bond acceptors (Lipinski definition) is 3. The van der Waals surface area contributed by atoms with E-state index in [1.807, 2.05) is 24.3 Å². The Morgan fingerprint density at radius 2 is 2.16 bits per heavy atom. The first kappa shape index (κ1) is 14.1. The van der Waals surface area contributed by atoms with Gasteiger partial charge in [-0.15, -0.1) is 0 Å². The Bertz CT molecular complexity index is 531. The molecule has 19 heavy (non-hydrogen) atoms. The molecule has 1 aromatic carbocycles. The number of benzene rings is 1. The van der Waals surface area contributed by atoms with Gasteiger partial charge in [-0.05, 0) is 30.7 Å². The molecule has 4 heteroatoms. The third-order valence-corrected chi connectivity index (χ3v) is 3.25. The molecule has 0 bridgehead atoms. The van der Waals surface area contributed by atoms with Gasteiger partial charge in [-0.3, -0.25) is 4.98 Å². The number of hydrogen-bond donors (Lipinski definition) is 1. The smallest absolute Gasteiger partial charge is 0.0948 e. The lowest BCUT2D eigenvalue weighted by Crippen LogP contribution is -2.10. The Labute approximate surface area is 118 Å². The van der Waals surface area contributed by atoms with Gasteiger partial charge in [-0.25, -0.2) is 0 Å². The molecular formula is C15H19ClN2O. The van der Waals surface area contributed by atoms with Gasteiger partial charge in [-0.2, -0.15) is 0 Å². The van der Waals surface area contributed by atoms with Gasteiger partial charge >= 0.3 is 0 Å². The van der Waals surface area contributed by atoms with Crippen LogP contribution in [0.3, 0.4) is 0 Å². The zero-order chi connectivity index (χ0) is 13.5. The van der Waals surface area contributed by atoms with Crippen molar-refractivity contribution in [3.8, 4) is 0 Å². The largest absolute Gasteiger partial charge is 0.381 e. The van der Waals surface area contributed by atoms with Gasteiger partial charge in [-0.1, -0.05) is 24.9 Å². The second-order valence-electron chi connectivity index (χ2n) is 4.39. The first-order valence-corrected chi connectivity index (χ1v) is 7.05. The molecule has 0 amide bonds. The van der Waals surface area contributed by atoms with Crippen molar-refractivity contribution >= 4 is 28.2 Å². The van der Waals surface area contributed by atoms with Crippen LogP contribution in [-0.4, -0.2) is 24.7 Å². The molecule has 0 unspecified atom stereocenters. The first-order valence-electron chi connectivity index (χ1n) is 6.67. The molecule has 0 saturated heterocycles. The predicted octanol–water partition coefficient (Wildman–Crippen LogP) is 4.12. The minimum atomic E-state index is 0.705. The molecule has 0 saturated carbocycles. The van der Waals surface area contributed by atoms with Gasteiger partial charge in [0.05, 0.1) is 22.8 Å². The maximum absolute atomic E-state index is 6.16. The second-order valence-corrected chi connectivity index (χ2v) is 4.79. The highest BCUT2D eigenvalue weighted by Crippen LogP contribution is 2.27. The molecule has 0 aliphatic rings. The number of aromatic nitrogens is 1.